The Kier molecular flexibility index (Phi) is 4.09. The van der Waals surface area contributed by atoms with E-state index >= 15 is 0 Å². The van der Waals surface area contributed by atoms with Crippen molar-refractivity contribution >= 4 is 23.3 Å². The molecule has 1 fully saturated rings. The first-order valence-corrected chi connectivity index (χ1v) is 6.38. The van der Waals surface area contributed by atoms with Crippen molar-refractivity contribution in [3.05, 3.63) is 29.3 Å². The van der Waals surface area contributed by atoms with E-state index in [2.05, 4.69) is 5.32 Å². The summed E-state index contributed by atoms with van der Waals surface area (Å²) in [5, 5.41) is 12.6. The maximum absolute atomic E-state index is 11.9. The third kappa shape index (κ3) is 3.37. The van der Waals surface area contributed by atoms with E-state index in [0.29, 0.717) is 23.2 Å². The van der Waals surface area contributed by atoms with Gasteiger partial charge in [-0.05, 0) is 37.0 Å². The maximum atomic E-state index is 11.9. The van der Waals surface area contributed by atoms with Crippen LogP contribution in [-0.2, 0) is 0 Å². The number of halogens is 1. The number of urea groups is 1. The highest BCUT2D eigenvalue weighted by molar-refractivity contribution is 6.30. The molecule has 1 aliphatic rings. The molecule has 0 radical (unpaired) electrons. The molecule has 0 spiro atoms. The van der Waals surface area contributed by atoms with Crippen LogP contribution in [0.2, 0.25) is 5.02 Å². The number of hydrogen-bond acceptors (Lipinski definition) is 2. The summed E-state index contributed by atoms with van der Waals surface area (Å²) in [6, 6.07) is 6.90. The summed E-state index contributed by atoms with van der Waals surface area (Å²) in [5.41, 5.74) is 0.688. The van der Waals surface area contributed by atoms with Crippen molar-refractivity contribution < 1.29 is 9.90 Å². The maximum Gasteiger partial charge on any atom is 0.321 e. The molecule has 98 valence electrons. The van der Waals surface area contributed by atoms with Crippen molar-refractivity contribution in [2.45, 2.75) is 18.9 Å². The number of nitrogens with zero attached hydrogens (tertiary/aromatic N) is 1. The molecule has 4 nitrogen and oxygen atoms in total. The van der Waals surface area contributed by atoms with Crippen molar-refractivity contribution in [2.75, 3.05) is 18.9 Å². The summed E-state index contributed by atoms with van der Waals surface area (Å²) < 4.78 is 0. The van der Waals surface area contributed by atoms with Crippen molar-refractivity contribution in [1.29, 1.82) is 0 Å². The smallest absolute Gasteiger partial charge is 0.321 e. The number of benzene rings is 1. The lowest BCUT2D eigenvalue weighted by Crippen LogP contribution is -2.41. The van der Waals surface area contributed by atoms with Crippen LogP contribution in [0.1, 0.15) is 12.8 Å². The van der Waals surface area contributed by atoms with E-state index in [0.717, 1.165) is 12.8 Å². The Morgan fingerprint density at radius 1 is 1.56 bits per heavy atom. The molecule has 0 heterocycles. The molecule has 1 saturated carbocycles. The van der Waals surface area contributed by atoms with Gasteiger partial charge in [-0.3, -0.25) is 0 Å². The Hall–Kier alpha value is -1.26. The average Bonchev–Trinajstić information content (AvgIpc) is 2.26. The van der Waals surface area contributed by atoms with Crippen LogP contribution in [-0.4, -0.2) is 35.7 Å². The Balaban J connectivity index is 1.83. The fourth-order valence-electron chi connectivity index (χ4n) is 2.10. The molecule has 1 aromatic carbocycles. The standard InChI is InChI=1S/C13H17ClN2O2/c1-16(8-9-5-12(17)6-9)13(18)15-11-4-2-3-10(14)7-11/h2-4,7,9,12,17H,5-6,8H2,1H3,(H,15,18). The van der Waals surface area contributed by atoms with Gasteiger partial charge in [0.1, 0.15) is 0 Å². The third-order valence-corrected chi connectivity index (χ3v) is 3.40. The van der Waals surface area contributed by atoms with Gasteiger partial charge in [-0.2, -0.15) is 0 Å². The normalized spacial score (nSPS) is 22.2. The molecule has 0 aliphatic heterocycles. The predicted octanol–water partition coefficient (Wildman–Crippen LogP) is 2.57. The zero-order valence-electron chi connectivity index (χ0n) is 10.3. The van der Waals surface area contributed by atoms with E-state index in [1.54, 1.807) is 36.2 Å². The van der Waals surface area contributed by atoms with E-state index in [-0.39, 0.29) is 12.1 Å². The molecule has 0 atom stereocenters. The van der Waals surface area contributed by atoms with E-state index in [1.807, 2.05) is 0 Å². The van der Waals surface area contributed by atoms with E-state index in [1.165, 1.54) is 0 Å². The molecule has 0 saturated heterocycles. The predicted molar refractivity (Wildman–Crippen MR) is 71.8 cm³/mol. The van der Waals surface area contributed by atoms with Crippen LogP contribution in [0, 0.1) is 5.92 Å². The number of rotatable bonds is 3. The highest BCUT2D eigenvalue weighted by atomic mass is 35.5. The van der Waals surface area contributed by atoms with Gasteiger partial charge in [0.15, 0.2) is 0 Å². The molecule has 0 unspecified atom stereocenters. The van der Waals surface area contributed by atoms with Gasteiger partial charge in [0.2, 0.25) is 0 Å². The Morgan fingerprint density at radius 2 is 2.28 bits per heavy atom. The molecule has 5 heteroatoms. The number of hydrogen-bond donors (Lipinski definition) is 2. The van der Waals surface area contributed by atoms with E-state index in [4.69, 9.17) is 11.6 Å². The van der Waals surface area contributed by atoms with Crippen LogP contribution in [0.5, 0.6) is 0 Å². The Labute approximate surface area is 112 Å². The largest absolute Gasteiger partial charge is 0.393 e. The summed E-state index contributed by atoms with van der Waals surface area (Å²) in [5.74, 6) is 0.412. The summed E-state index contributed by atoms with van der Waals surface area (Å²) in [6.45, 7) is 0.670. The lowest BCUT2D eigenvalue weighted by atomic mass is 9.82. The van der Waals surface area contributed by atoms with Gasteiger partial charge in [0.25, 0.3) is 0 Å². The monoisotopic (exact) mass is 268 g/mol. The number of aliphatic hydroxyl groups excluding tert-OH is 1. The quantitative estimate of drug-likeness (QED) is 0.885. The molecule has 18 heavy (non-hydrogen) atoms. The Bertz CT molecular complexity index is 433. The van der Waals surface area contributed by atoms with Crippen molar-refractivity contribution in [3.8, 4) is 0 Å². The summed E-state index contributed by atoms with van der Waals surface area (Å²) in [6.07, 6.45) is 1.39. The molecular formula is C13H17ClN2O2. The van der Waals surface area contributed by atoms with Gasteiger partial charge in [0.05, 0.1) is 6.10 Å². The second-order valence-corrected chi connectivity index (χ2v) is 5.25. The lowest BCUT2D eigenvalue weighted by molar-refractivity contribution is 0.0332. The fraction of sp³-hybridized carbons (Fsp3) is 0.462. The second-order valence-electron chi connectivity index (χ2n) is 4.81. The first kappa shape index (κ1) is 13.2. The van der Waals surface area contributed by atoms with Crippen molar-refractivity contribution in [3.63, 3.8) is 0 Å². The number of carbonyl (C=O) groups excluding carboxylic acids is 1. The summed E-state index contributed by atoms with van der Waals surface area (Å²) in [7, 11) is 1.75. The minimum atomic E-state index is -0.181. The average molecular weight is 269 g/mol. The number of anilines is 1. The van der Waals surface area contributed by atoms with Crippen molar-refractivity contribution in [2.24, 2.45) is 5.92 Å². The van der Waals surface area contributed by atoms with Crippen LogP contribution in [0.3, 0.4) is 0 Å². The minimum Gasteiger partial charge on any atom is -0.393 e. The molecule has 2 rings (SSSR count). The number of carbonyl (C=O) groups is 1. The molecule has 1 aliphatic carbocycles. The van der Waals surface area contributed by atoms with Crippen LogP contribution in [0.15, 0.2) is 24.3 Å². The molecule has 0 bridgehead atoms. The number of nitrogens with one attached hydrogen (secondary N) is 1. The molecule has 0 aromatic heterocycles. The zero-order chi connectivity index (χ0) is 13.1. The molecule has 1 aromatic rings. The highest BCUT2D eigenvalue weighted by Gasteiger charge is 2.29. The number of aliphatic hydroxyl groups is 1. The second kappa shape index (κ2) is 5.59. The van der Waals surface area contributed by atoms with E-state index in [9.17, 15) is 9.90 Å². The summed E-state index contributed by atoms with van der Waals surface area (Å²) in [4.78, 5) is 13.5. The van der Waals surface area contributed by atoms with Gasteiger partial charge >= 0.3 is 6.03 Å². The van der Waals surface area contributed by atoms with Gasteiger partial charge in [-0.15, -0.1) is 0 Å². The minimum absolute atomic E-state index is 0.154. The zero-order valence-corrected chi connectivity index (χ0v) is 11.0. The van der Waals surface area contributed by atoms with Gasteiger partial charge < -0.3 is 15.3 Å². The van der Waals surface area contributed by atoms with Gasteiger partial charge in [-0.25, -0.2) is 4.79 Å². The van der Waals surface area contributed by atoms with Gasteiger partial charge in [-0.1, -0.05) is 17.7 Å². The first-order chi connectivity index (χ1) is 8.54. The van der Waals surface area contributed by atoms with Crippen LogP contribution in [0.4, 0.5) is 10.5 Å². The van der Waals surface area contributed by atoms with Crippen LogP contribution < -0.4 is 5.32 Å². The summed E-state index contributed by atoms with van der Waals surface area (Å²) >= 11 is 5.85. The first-order valence-electron chi connectivity index (χ1n) is 6.00. The lowest BCUT2D eigenvalue weighted by Gasteiger charge is -2.34. The van der Waals surface area contributed by atoms with Gasteiger partial charge in [0, 0.05) is 24.3 Å². The molecule has 2 N–H and O–H groups in total. The SMILES string of the molecule is CN(CC1CC(O)C1)C(=O)Nc1cccc(Cl)c1. The highest BCUT2D eigenvalue weighted by Crippen LogP contribution is 2.27. The van der Waals surface area contributed by atoms with E-state index < -0.39 is 0 Å². The number of amides is 2. The van der Waals surface area contributed by atoms with Crippen LogP contribution >= 0.6 is 11.6 Å². The van der Waals surface area contributed by atoms with Crippen molar-refractivity contribution in [1.82, 2.24) is 4.90 Å². The molecule has 2 amide bonds. The third-order valence-electron chi connectivity index (χ3n) is 3.17. The fourth-order valence-corrected chi connectivity index (χ4v) is 2.30. The molecular weight excluding hydrogens is 252 g/mol. The Morgan fingerprint density at radius 3 is 2.89 bits per heavy atom. The van der Waals surface area contributed by atoms with Crippen LogP contribution in [0.25, 0.3) is 0 Å². The topological polar surface area (TPSA) is 52.6 Å².